The Morgan fingerprint density at radius 2 is 2.50 bits per heavy atom. The van der Waals surface area contributed by atoms with Crippen molar-refractivity contribution in [1.82, 2.24) is 4.98 Å². The molecule has 1 saturated heterocycles. The van der Waals surface area contributed by atoms with E-state index in [4.69, 9.17) is 0 Å². The van der Waals surface area contributed by atoms with Crippen LogP contribution < -0.4 is 0 Å². The van der Waals surface area contributed by atoms with Gasteiger partial charge in [-0.1, -0.05) is 0 Å². The van der Waals surface area contributed by atoms with Crippen LogP contribution in [0, 0.1) is 0 Å². The summed E-state index contributed by atoms with van der Waals surface area (Å²) in [4.78, 5) is 4.27. The molecule has 1 aliphatic heterocycles. The highest BCUT2D eigenvalue weighted by Gasteiger charge is 2.32. The summed E-state index contributed by atoms with van der Waals surface area (Å²) in [7, 11) is 0. The zero-order valence-electron chi connectivity index (χ0n) is 7.74. The molecule has 1 atom stereocenters. The number of rotatable bonds is 2. The van der Waals surface area contributed by atoms with Crippen molar-refractivity contribution >= 4 is 27.7 Å². The summed E-state index contributed by atoms with van der Waals surface area (Å²) in [6.07, 6.45) is 3.30. The Morgan fingerprint density at radius 1 is 1.64 bits per heavy atom. The van der Waals surface area contributed by atoms with Gasteiger partial charge in [-0.25, -0.2) is 0 Å². The van der Waals surface area contributed by atoms with Gasteiger partial charge in [0.05, 0.1) is 11.3 Å². The average molecular weight is 274 g/mol. The Morgan fingerprint density at radius 3 is 3.14 bits per heavy atom. The molecule has 1 N–H and O–H groups in total. The molecule has 1 aromatic rings. The Labute approximate surface area is 96.3 Å². The molecule has 0 bridgehead atoms. The quantitative estimate of drug-likeness (QED) is 0.898. The summed E-state index contributed by atoms with van der Waals surface area (Å²) >= 11 is 5.26. The molecule has 2 nitrogen and oxygen atoms in total. The second kappa shape index (κ2) is 4.21. The fourth-order valence-corrected chi connectivity index (χ4v) is 3.29. The predicted molar refractivity (Wildman–Crippen MR) is 62.5 cm³/mol. The zero-order valence-corrected chi connectivity index (χ0v) is 10.1. The standard InChI is InChI=1S/C10H12BrNOS/c11-8-2-1-4-12-9(8)6-10(13)3-5-14-7-10/h1-2,4,13H,3,5-7H2. The highest BCUT2D eigenvalue weighted by Crippen LogP contribution is 2.31. The van der Waals surface area contributed by atoms with E-state index >= 15 is 0 Å². The van der Waals surface area contributed by atoms with Gasteiger partial charge in [-0.3, -0.25) is 4.98 Å². The Kier molecular flexibility index (Phi) is 3.14. The van der Waals surface area contributed by atoms with Gasteiger partial charge in [-0.05, 0) is 40.2 Å². The first kappa shape index (κ1) is 10.5. The SMILES string of the molecule is OC1(Cc2ncccc2Br)CCSC1. The summed E-state index contributed by atoms with van der Waals surface area (Å²) < 4.78 is 0.991. The Bertz CT molecular complexity index is 326. The minimum absolute atomic E-state index is 0.540. The molecule has 0 amide bonds. The molecule has 2 rings (SSSR count). The van der Waals surface area contributed by atoms with Crippen LogP contribution in [0.4, 0.5) is 0 Å². The van der Waals surface area contributed by atoms with E-state index in [0.29, 0.717) is 6.42 Å². The molecule has 1 unspecified atom stereocenters. The summed E-state index contributed by atoms with van der Waals surface area (Å²) in [5.74, 6) is 1.89. The molecule has 1 fully saturated rings. The van der Waals surface area contributed by atoms with Crippen LogP contribution in [-0.2, 0) is 6.42 Å². The first-order chi connectivity index (χ1) is 6.70. The summed E-state index contributed by atoms with van der Waals surface area (Å²) in [6.45, 7) is 0. The van der Waals surface area contributed by atoms with Gasteiger partial charge in [-0.15, -0.1) is 0 Å². The second-order valence-corrected chi connectivity index (χ2v) is 5.60. The number of hydrogen-bond acceptors (Lipinski definition) is 3. The summed E-state index contributed by atoms with van der Waals surface area (Å²) in [5.41, 5.74) is 0.416. The van der Waals surface area contributed by atoms with Gasteiger partial charge in [0, 0.05) is 22.8 Å². The fraction of sp³-hybridized carbons (Fsp3) is 0.500. The molecule has 0 aliphatic carbocycles. The van der Waals surface area contributed by atoms with Crippen molar-refractivity contribution in [3.8, 4) is 0 Å². The number of hydrogen-bond donors (Lipinski definition) is 1. The molecule has 0 radical (unpaired) electrons. The monoisotopic (exact) mass is 273 g/mol. The highest BCUT2D eigenvalue weighted by atomic mass is 79.9. The lowest BCUT2D eigenvalue weighted by atomic mass is 9.97. The number of pyridine rings is 1. The third-order valence-electron chi connectivity index (χ3n) is 2.41. The van der Waals surface area contributed by atoms with E-state index in [2.05, 4.69) is 20.9 Å². The molecule has 2 heterocycles. The van der Waals surface area contributed by atoms with E-state index in [1.165, 1.54) is 0 Å². The van der Waals surface area contributed by atoms with Crippen LogP contribution >= 0.6 is 27.7 Å². The molecule has 0 saturated carbocycles. The normalized spacial score (nSPS) is 26.7. The largest absolute Gasteiger partial charge is 0.389 e. The Balaban J connectivity index is 2.14. The van der Waals surface area contributed by atoms with E-state index < -0.39 is 5.60 Å². The van der Waals surface area contributed by atoms with Gasteiger partial charge in [-0.2, -0.15) is 11.8 Å². The maximum absolute atomic E-state index is 10.2. The van der Waals surface area contributed by atoms with Crippen LogP contribution in [0.15, 0.2) is 22.8 Å². The van der Waals surface area contributed by atoms with E-state index in [1.807, 2.05) is 23.9 Å². The number of nitrogens with zero attached hydrogens (tertiary/aromatic N) is 1. The average Bonchev–Trinajstić information content (AvgIpc) is 2.57. The van der Waals surface area contributed by atoms with Crippen LogP contribution in [0.2, 0.25) is 0 Å². The smallest absolute Gasteiger partial charge is 0.0801 e. The third-order valence-corrected chi connectivity index (χ3v) is 4.37. The fourth-order valence-electron chi connectivity index (χ4n) is 1.60. The molecule has 4 heteroatoms. The lowest BCUT2D eigenvalue weighted by molar-refractivity contribution is 0.0674. The van der Waals surface area contributed by atoms with Crippen LogP contribution in [0.3, 0.4) is 0 Å². The van der Waals surface area contributed by atoms with Crippen LogP contribution in [0.5, 0.6) is 0 Å². The van der Waals surface area contributed by atoms with Crippen LogP contribution in [0.1, 0.15) is 12.1 Å². The first-order valence-corrected chi connectivity index (χ1v) is 6.54. The van der Waals surface area contributed by atoms with Gasteiger partial charge in [0.2, 0.25) is 0 Å². The van der Waals surface area contributed by atoms with Crippen molar-refractivity contribution in [3.63, 3.8) is 0 Å². The zero-order chi connectivity index (χ0) is 10.0. The van der Waals surface area contributed by atoms with Crippen LogP contribution in [0.25, 0.3) is 0 Å². The molecule has 1 aliphatic rings. The maximum Gasteiger partial charge on any atom is 0.0801 e. The highest BCUT2D eigenvalue weighted by molar-refractivity contribution is 9.10. The van der Waals surface area contributed by atoms with E-state index in [0.717, 1.165) is 28.1 Å². The molecular weight excluding hydrogens is 262 g/mol. The predicted octanol–water partition coefficient (Wildman–Crippen LogP) is 2.25. The number of aromatic nitrogens is 1. The van der Waals surface area contributed by atoms with Gasteiger partial charge in [0.15, 0.2) is 0 Å². The van der Waals surface area contributed by atoms with Crippen molar-refractivity contribution in [2.75, 3.05) is 11.5 Å². The van der Waals surface area contributed by atoms with Gasteiger partial charge in [0.1, 0.15) is 0 Å². The lowest BCUT2D eigenvalue weighted by Gasteiger charge is -2.20. The number of halogens is 1. The summed E-state index contributed by atoms with van der Waals surface area (Å²) in [5, 5.41) is 10.2. The molecular formula is C10H12BrNOS. The second-order valence-electron chi connectivity index (χ2n) is 3.64. The van der Waals surface area contributed by atoms with Crippen molar-refractivity contribution in [2.45, 2.75) is 18.4 Å². The van der Waals surface area contributed by atoms with E-state index in [-0.39, 0.29) is 0 Å². The molecule has 0 spiro atoms. The Hall–Kier alpha value is -0.0600. The van der Waals surface area contributed by atoms with Crippen molar-refractivity contribution in [2.24, 2.45) is 0 Å². The van der Waals surface area contributed by atoms with Gasteiger partial charge < -0.3 is 5.11 Å². The maximum atomic E-state index is 10.2. The number of thioether (sulfide) groups is 1. The van der Waals surface area contributed by atoms with Gasteiger partial charge in [0.25, 0.3) is 0 Å². The first-order valence-electron chi connectivity index (χ1n) is 4.59. The molecule has 0 aromatic carbocycles. The lowest BCUT2D eigenvalue weighted by Crippen LogP contribution is -2.31. The van der Waals surface area contributed by atoms with Crippen molar-refractivity contribution < 1.29 is 5.11 Å². The third kappa shape index (κ3) is 2.30. The topological polar surface area (TPSA) is 33.1 Å². The van der Waals surface area contributed by atoms with E-state index in [9.17, 15) is 5.11 Å². The molecule has 14 heavy (non-hydrogen) atoms. The van der Waals surface area contributed by atoms with Crippen molar-refractivity contribution in [3.05, 3.63) is 28.5 Å². The van der Waals surface area contributed by atoms with E-state index in [1.54, 1.807) is 6.20 Å². The summed E-state index contributed by atoms with van der Waals surface area (Å²) in [6, 6.07) is 3.86. The molecule has 76 valence electrons. The van der Waals surface area contributed by atoms with Crippen molar-refractivity contribution in [1.29, 1.82) is 0 Å². The number of aliphatic hydroxyl groups is 1. The molecule has 1 aromatic heterocycles. The van der Waals surface area contributed by atoms with Gasteiger partial charge >= 0.3 is 0 Å². The minimum atomic E-state index is -0.540. The van der Waals surface area contributed by atoms with Crippen LogP contribution in [-0.4, -0.2) is 27.2 Å². The minimum Gasteiger partial charge on any atom is -0.389 e.